The summed E-state index contributed by atoms with van der Waals surface area (Å²) in [5, 5.41) is 14.8. The van der Waals surface area contributed by atoms with Gasteiger partial charge in [-0.1, -0.05) is 18.2 Å². The van der Waals surface area contributed by atoms with E-state index in [1.807, 2.05) is 41.8 Å². The molecule has 5 nitrogen and oxygen atoms in total. The van der Waals surface area contributed by atoms with Gasteiger partial charge in [-0.25, -0.2) is 4.98 Å². The van der Waals surface area contributed by atoms with Gasteiger partial charge in [-0.3, -0.25) is 4.79 Å². The number of fused-ring (bicyclic) bond motifs is 1. The van der Waals surface area contributed by atoms with E-state index in [9.17, 15) is 10.1 Å². The summed E-state index contributed by atoms with van der Waals surface area (Å²) in [4.78, 5) is 17.8. The Balaban J connectivity index is 1.61. The monoisotopic (exact) mass is 356 g/mol. The van der Waals surface area contributed by atoms with E-state index in [1.165, 1.54) is 11.3 Å². The highest BCUT2D eigenvalue weighted by Gasteiger charge is 2.20. The Bertz CT molecular complexity index is 833. The van der Waals surface area contributed by atoms with Crippen molar-refractivity contribution in [1.29, 1.82) is 5.26 Å². The lowest BCUT2D eigenvalue weighted by Gasteiger charge is -2.14. The summed E-state index contributed by atoms with van der Waals surface area (Å²) >= 11 is 3.10. The number of nitriles is 1. The van der Waals surface area contributed by atoms with Crippen LogP contribution in [0.4, 0.5) is 0 Å². The molecule has 0 bridgehead atoms. The highest BCUT2D eigenvalue weighted by molar-refractivity contribution is 7.18. The SMILES string of the molecule is N#C[C@H](Cc1nc2ccccc2s1)NC(=O)[C@@H](N)Cc1cccs1. The molecule has 0 radical (unpaired) electrons. The molecule has 2 heterocycles. The maximum absolute atomic E-state index is 12.2. The third-order valence-corrected chi connectivity index (χ3v) is 5.48. The van der Waals surface area contributed by atoms with E-state index in [1.54, 1.807) is 11.3 Å². The smallest absolute Gasteiger partial charge is 0.238 e. The van der Waals surface area contributed by atoms with Gasteiger partial charge < -0.3 is 11.1 Å². The maximum atomic E-state index is 12.2. The summed E-state index contributed by atoms with van der Waals surface area (Å²) in [6, 6.07) is 12.5. The average Bonchev–Trinajstić information content (AvgIpc) is 3.22. The first-order chi connectivity index (χ1) is 11.7. The van der Waals surface area contributed by atoms with Crippen LogP contribution in [0.25, 0.3) is 10.2 Å². The molecule has 0 aliphatic heterocycles. The Morgan fingerprint density at radius 1 is 1.29 bits per heavy atom. The molecule has 24 heavy (non-hydrogen) atoms. The van der Waals surface area contributed by atoms with Crippen LogP contribution in [0.15, 0.2) is 41.8 Å². The zero-order valence-corrected chi connectivity index (χ0v) is 14.4. The molecule has 3 rings (SSSR count). The van der Waals surface area contributed by atoms with Crippen LogP contribution in [0.5, 0.6) is 0 Å². The summed E-state index contributed by atoms with van der Waals surface area (Å²) in [5.41, 5.74) is 6.85. The van der Waals surface area contributed by atoms with E-state index in [2.05, 4.69) is 16.4 Å². The molecule has 0 spiro atoms. The lowest BCUT2D eigenvalue weighted by atomic mass is 10.1. The number of hydrogen-bond acceptors (Lipinski definition) is 6. The Morgan fingerprint density at radius 2 is 2.12 bits per heavy atom. The van der Waals surface area contributed by atoms with Crippen LogP contribution in [0.1, 0.15) is 9.88 Å². The van der Waals surface area contributed by atoms with Crippen molar-refractivity contribution in [3.8, 4) is 6.07 Å². The first-order valence-corrected chi connectivity index (χ1v) is 9.17. The molecule has 0 aliphatic carbocycles. The van der Waals surface area contributed by atoms with Gasteiger partial charge in [-0.2, -0.15) is 5.26 Å². The highest BCUT2D eigenvalue weighted by atomic mass is 32.1. The van der Waals surface area contributed by atoms with Crippen molar-refractivity contribution in [2.24, 2.45) is 5.73 Å². The molecule has 0 saturated heterocycles. The van der Waals surface area contributed by atoms with Gasteiger partial charge in [0.25, 0.3) is 0 Å². The van der Waals surface area contributed by atoms with E-state index in [0.29, 0.717) is 12.8 Å². The molecule has 7 heteroatoms. The third-order valence-electron chi connectivity index (χ3n) is 3.53. The van der Waals surface area contributed by atoms with Gasteiger partial charge in [-0.15, -0.1) is 22.7 Å². The van der Waals surface area contributed by atoms with Crippen molar-refractivity contribution in [2.45, 2.75) is 24.9 Å². The number of carbonyl (C=O) groups excluding carboxylic acids is 1. The summed E-state index contributed by atoms with van der Waals surface area (Å²) < 4.78 is 1.07. The number of para-hydroxylation sites is 1. The topological polar surface area (TPSA) is 91.8 Å². The van der Waals surface area contributed by atoms with Gasteiger partial charge in [0.1, 0.15) is 6.04 Å². The first-order valence-electron chi connectivity index (χ1n) is 7.48. The van der Waals surface area contributed by atoms with Crippen molar-refractivity contribution in [1.82, 2.24) is 10.3 Å². The van der Waals surface area contributed by atoms with Gasteiger partial charge >= 0.3 is 0 Å². The zero-order valence-electron chi connectivity index (χ0n) is 12.8. The van der Waals surface area contributed by atoms with Crippen LogP contribution in [-0.4, -0.2) is 23.0 Å². The molecule has 2 atom stereocenters. The Hall–Kier alpha value is -2.27. The van der Waals surface area contributed by atoms with E-state index in [0.717, 1.165) is 20.1 Å². The van der Waals surface area contributed by atoms with Crippen LogP contribution in [0, 0.1) is 11.3 Å². The lowest BCUT2D eigenvalue weighted by molar-refractivity contribution is -0.122. The second-order valence-electron chi connectivity index (χ2n) is 5.36. The van der Waals surface area contributed by atoms with Crippen molar-refractivity contribution in [3.05, 3.63) is 51.7 Å². The van der Waals surface area contributed by atoms with E-state index in [-0.39, 0.29) is 5.91 Å². The Labute approximate surface area is 147 Å². The predicted octanol–water partition coefficient (Wildman–Crippen LogP) is 2.48. The number of nitrogens with zero attached hydrogens (tertiary/aromatic N) is 2. The average molecular weight is 356 g/mol. The van der Waals surface area contributed by atoms with E-state index >= 15 is 0 Å². The van der Waals surface area contributed by atoms with Crippen molar-refractivity contribution in [2.75, 3.05) is 0 Å². The number of aromatic nitrogens is 1. The second kappa shape index (κ2) is 7.53. The fraction of sp³-hybridized carbons (Fsp3) is 0.235. The minimum atomic E-state index is -0.658. The number of carbonyl (C=O) groups is 1. The number of amides is 1. The van der Waals surface area contributed by atoms with Crippen LogP contribution >= 0.6 is 22.7 Å². The predicted molar refractivity (Wildman–Crippen MR) is 96.9 cm³/mol. The number of nitrogens with two attached hydrogens (primary N) is 1. The number of thiophene rings is 1. The quantitative estimate of drug-likeness (QED) is 0.710. The van der Waals surface area contributed by atoms with Crippen LogP contribution in [0.3, 0.4) is 0 Å². The molecule has 3 N–H and O–H groups in total. The highest BCUT2D eigenvalue weighted by Crippen LogP contribution is 2.22. The molecular formula is C17H16N4OS2. The number of thiazole rings is 1. The summed E-state index contributed by atoms with van der Waals surface area (Å²) in [6.45, 7) is 0. The lowest BCUT2D eigenvalue weighted by Crippen LogP contribution is -2.46. The maximum Gasteiger partial charge on any atom is 0.238 e. The molecule has 3 aromatic rings. The van der Waals surface area contributed by atoms with Gasteiger partial charge in [0.05, 0.1) is 27.3 Å². The van der Waals surface area contributed by atoms with Gasteiger partial charge in [-0.05, 0) is 23.6 Å². The normalized spacial score (nSPS) is 13.3. The van der Waals surface area contributed by atoms with Gasteiger partial charge in [0.15, 0.2) is 0 Å². The fourth-order valence-corrected chi connectivity index (χ4v) is 4.11. The fourth-order valence-electron chi connectivity index (χ4n) is 2.33. The molecule has 2 aromatic heterocycles. The van der Waals surface area contributed by atoms with Crippen molar-refractivity contribution >= 4 is 38.8 Å². The van der Waals surface area contributed by atoms with Crippen molar-refractivity contribution < 1.29 is 4.79 Å². The van der Waals surface area contributed by atoms with Gasteiger partial charge in [0.2, 0.25) is 5.91 Å². The van der Waals surface area contributed by atoms with E-state index in [4.69, 9.17) is 5.73 Å². The summed E-state index contributed by atoms with van der Waals surface area (Å²) in [6.07, 6.45) is 0.857. The van der Waals surface area contributed by atoms with Crippen LogP contribution in [-0.2, 0) is 17.6 Å². The number of nitrogens with one attached hydrogen (secondary N) is 1. The third kappa shape index (κ3) is 3.97. The standard InChI is InChI=1S/C17H16N4OS2/c18-10-11(8-16-21-14-5-1-2-6-15(14)24-16)20-17(22)13(19)9-12-4-3-7-23-12/h1-7,11,13H,8-9,19H2,(H,20,22)/t11-,13-/m0/s1. The Morgan fingerprint density at radius 3 is 2.83 bits per heavy atom. The van der Waals surface area contributed by atoms with Crippen LogP contribution < -0.4 is 11.1 Å². The van der Waals surface area contributed by atoms with E-state index < -0.39 is 12.1 Å². The Kier molecular flexibility index (Phi) is 5.20. The van der Waals surface area contributed by atoms with Crippen molar-refractivity contribution in [3.63, 3.8) is 0 Å². The molecule has 0 aliphatic rings. The molecule has 1 aromatic carbocycles. The largest absolute Gasteiger partial charge is 0.339 e. The van der Waals surface area contributed by atoms with Gasteiger partial charge in [0, 0.05) is 17.7 Å². The molecular weight excluding hydrogens is 340 g/mol. The first kappa shape index (κ1) is 16.6. The molecule has 0 fully saturated rings. The summed E-state index contributed by atoms with van der Waals surface area (Å²) in [7, 11) is 0. The molecule has 0 saturated carbocycles. The molecule has 1 amide bonds. The molecule has 122 valence electrons. The molecule has 0 unspecified atom stereocenters. The zero-order chi connectivity index (χ0) is 16.9. The minimum absolute atomic E-state index is 0.309. The number of benzene rings is 1. The van der Waals surface area contributed by atoms with Crippen LogP contribution in [0.2, 0.25) is 0 Å². The second-order valence-corrected chi connectivity index (χ2v) is 7.51. The minimum Gasteiger partial charge on any atom is -0.339 e. The number of rotatable bonds is 6. The summed E-state index contributed by atoms with van der Waals surface area (Å²) in [5.74, 6) is -0.309. The number of hydrogen-bond donors (Lipinski definition) is 2.